The molecule has 0 saturated heterocycles. The maximum absolute atomic E-state index is 2.34. The third-order valence-corrected chi connectivity index (χ3v) is 14.1. The van der Waals surface area contributed by atoms with Crippen LogP contribution in [-0.2, 0) is 46.7 Å². The second kappa shape index (κ2) is 33.5. The molecule has 0 spiro atoms. The minimum atomic E-state index is 0. The summed E-state index contributed by atoms with van der Waals surface area (Å²) >= 11 is 3.48. The first-order valence-electron chi connectivity index (χ1n) is 28.5. The summed E-state index contributed by atoms with van der Waals surface area (Å²) in [6.45, 7) is 27.2. The van der Waals surface area contributed by atoms with Crippen molar-refractivity contribution < 1.29 is 71.5 Å². The zero-order chi connectivity index (χ0) is 57.3. The summed E-state index contributed by atoms with van der Waals surface area (Å²) in [6, 6.07) is 87.3. The molecule has 416 valence electrons. The molecule has 12 rings (SSSR count). The summed E-state index contributed by atoms with van der Waals surface area (Å²) in [5, 5.41) is 10.9. The minimum absolute atomic E-state index is 0. The second-order valence-electron chi connectivity index (χ2n) is 22.5. The Morgan fingerprint density at radius 1 is 0.268 bits per heavy atom. The molecular formula is C76H80Cl2Si2Zr2-2. The van der Waals surface area contributed by atoms with Crippen molar-refractivity contribution >= 4 is 54.0 Å². The van der Waals surface area contributed by atoms with Gasteiger partial charge in [-0.3, -0.25) is 0 Å². The van der Waals surface area contributed by atoms with Crippen LogP contribution in [0.3, 0.4) is 0 Å². The number of hydrogen-bond acceptors (Lipinski definition) is 0. The number of fused-ring (bicyclic) bond motifs is 4. The van der Waals surface area contributed by atoms with Crippen molar-refractivity contribution in [3.05, 3.63) is 265 Å². The molecule has 12 aromatic carbocycles. The summed E-state index contributed by atoms with van der Waals surface area (Å²) in [4.78, 5) is 0. The molecule has 0 saturated carbocycles. The van der Waals surface area contributed by atoms with Crippen molar-refractivity contribution in [1.29, 1.82) is 0 Å². The normalized spacial score (nSPS) is 10.6. The van der Waals surface area contributed by atoms with Crippen molar-refractivity contribution in [1.82, 2.24) is 0 Å². The third-order valence-electron chi connectivity index (χ3n) is 14.1. The Labute approximate surface area is 534 Å². The van der Waals surface area contributed by atoms with Gasteiger partial charge in [-0.1, -0.05) is 223 Å². The van der Waals surface area contributed by atoms with Gasteiger partial charge in [0.2, 0.25) is 0 Å². The molecule has 0 aliphatic heterocycles. The Morgan fingerprint density at radius 3 is 0.598 bits per heavy atom. The minimum Gasteiger partial charge on any atom is -1.00 e. The zero-order valence-electron chi connectivity index (χ0n) is 50.2. The Morgan fingerprint density at radius 2 is 0.439 bits per heavy atom. The Hall–Kier alpha value is -5.02. The van der Waals surface area contributed by atoms with Crippen molar-refractivity contribution in [2.45, 2.75) is 105 Å². The molecule has 0 atom stereocenters. The van der Waals surface area contributed by atoms with Crippen LogP contribution in [0, 0.1) is 0 Å². The van der Waals surface area contributed by atoms with E-state index in [1.165, 1.54) is 110 Å². The number of hydrogen-bond donors (Lipinski definition) is 0. The van der Waals surface area contributed by atoms with E-state index >= 15 is 0 Å². The molecule has 0 heterocycles. The van der Waals surface area contributed by atoms with Gasteiger partial charge in [0.1, 0.15) is 0 Å². The largest absolute Gasteiger partial charge is 1.00 e. The number of rotatable bonds is 8. The SMILES string of the molecule is CC(C)c1cc2c(-c3ccccc3)cccc2[cH-]1.CC(C)c1cc2c(-c3ccccc3)cccc2[cH-]1.CC(C)c1cc2c(-c3ccccc3)cccc2[cH-]1.CC(C)c1cc2c(-c3ccccc3)cccc2[cH-]1.C[Si](C)=[Zr+2].C[Si](C)=[Zr+2].[Cl-].[Cl-]. The van der Waals surface area contributed by atoms with Crippen molar-refractivity contribution in [3.8, 4) is 44.5 Å². The molecule has 0 bridgehead atoms. The van der Waals surface area contributed by atoms with Gasteiger partial charge < -0.3 is 24.8 Å². The molecule has 12 aromatic rings. The summed E-state index contributed by atoms with van der Waals surface area (Å²) in [7, 11) is 0. The van der Waals surface area contributed by atoms with Crippen LogP contribution in [0.2, 0.25) is 26.2 Å². The first kappa shape index (κ1) is 67.8. The Bertz CT molecular complexity index is 3350. The first-order chi connectivity index (χ1) is 38.5. The first-order valence-corrected chi connectivity index (χ1v) is 40.9. The van der Waals surface area contributed by atoms with Gasteiger partial charge in [0.25, 0.3) is 0 Å². The summed E-state index contributed by atoms with van der Waals surface area (Å²) in [5.74, 6) is 2.34. The molecule has 0 amide bonds. The summed E-state index contributed by atoms with van der Waals surface area (Å²) < 4.78 is 0. The maximum Gasteiger partial charge on any atom is -1.00 e. The van der Waals surface area contributed by atoms with E-state index in [4.69, 9.17) is 0 Å². The zero-order valence-corrected chi connectivity index (χ0v) is 58.6. The van der Waals surface area contributed by atoms with Crippen LogP contribution in [0.15, 0.2) is 243 Å². The van der Waals surface area contributed by atoms with Crippen molar-refractivity contribution in [2.24, 2.45) is 0 Å². The molecular weight excluding hydrogens is 1220 g/mol. The predicted octanol–water partition coefficient (Wildman–Crippen LogP) is 17.0. The fraction of sp³-hybridized carbons (Fsp3) is 0.211. The van der Waals surface area contributed by atoms with Gasteiger partial charge in [0.15, 0.2) is 0 Å². The van der Waals surface area contributed by atoms with E-state index < -0.39 is 0 Å². The maximum atomic E-state index is 2.34. The fourth-order valence-electron chi connectivity index (χ4n) is 9.84. The molecule has 0 fully saturated rings. The van der Waals surface area contributed by atoms with Gasteiger partial charge in [-0.15, -0.1) is 138 Å². The molecule has 6 heteroatoms. The van der Waals surface area contributed by atoms with E-state index in [0.717, 1.165) is 0 Å². The van der Waals surface area contributed by atoms with Gasteiger partial charge in [-0.25, -0.2) is 0 Å². The average Bonchev–Trinajstić information content (AvgIpc) is 4.49. The van der Waals surface area contributed by atoms with Crippen LogP contribution in [0.4, 0.5) is 0 Å². The van der Waals surface area contributed by atoms with E-state index in [2.05, 4.69) is 324 Å². The molecule has 0 radical (unpaired) electrons. The molecule has 0 aliphatic rings. The Balaban J connectivity index is 0.000000190. The van der Waals surface area contributed by atoms with Gasteiger partial charge in [-0.2, -0.15) is 24.3 Å². The van der Waals surface area contributed by atoms with Crippen LogP contribution >= 0.6 is 0 Å². The molecule has 0 unspecified atom stereocenters. The van der Waals surface area contributed by atoms with Crippen LogP contribution in [0.1, 0.15) is 101 Å². The standard InChI is InChI=1S/4C18H17.2C2H6Si.2ClH.2Zr/c4*1-13(2)16-11-15-9-6-10-17(18(15)12-16)14-7-4-3-5-8-14;2*1-3-2;;;;/h4*3-13H,1-2H3;2*1-2H3;2*1H;;/q4*-1;;;;;2*+2/p-2. The third kappa shape index (κ3) is 19.0. The quantitative estimate of drug-likeness (QED) is 0.105. The molecule has 82 heavy (non-hydrogen) atoms. The fourth-order valence-corrected chi connectivity index (χ4v) is 9.84. The van der Waals surface area contributed by atoms with Crippen LogP contribution in [-0.4, -0.2) is 10.9 Å². The second-order valence-corrected chi connectivity index (χ2v) is 41.2. The average molecular weight is 1300 g/mol. The van der Waals surface area contributed by atoms with E-state index in [1.807, 2.05) is 0 Å². The van der Waals surface area contributed by atoms with Gasteiger partial charge in [0, 0.05) is 0 Å². The molecule has 0 aliphatic carbocycles. The molecule has 0 nitrogen and oxygen atoms in total. The van der Waals surface area contributed by atoms with Crippen molar-refractivity contribution in [3.63, 3.8) is 0 Å². The molecule has 0 aromatic heterocycles. The van der Waals surface area contributed by atoms with E-state index in [1.54, 1.807) is 46.7 Å². The van der Waals surface area contributed by atoms with Crippen molar-refractivity contribution in [2.75, 3.05) is 0 Å². The predicted molar refractivity (Wildman–Crippen MR) is 351 cm³/mol. The number of halogens is 2. The summed E-state index contributed by atoms with van der Waals surface area (Å²) in [6.07, 6.45) is 0. The van der Waals surface area contributed by atoms with Gasteiger partial charge >= 0.3 is 83.7 Å². The monoisotopic (exact) mass is 1300 g/mol. The van der Waals surface area contributed by atoms with E-state index in [0.29, 0.717) is 23.7 Å². The smallest absolute Gasteiger partial charge is 1.00 e. The Kier molecular flexibility index (Phi) is 27.7. The molecule has 0 N–H and O–H groups in total. The topological polar surface area (TPSA) is 0 Å². The van der Waals surface area contributed by atoms with Gasteiger partial charge in [0.05, 0.1) is 0 Å². The van der Waals surface area contributed by atoms with Gasteiger partial charge in [-0.05, 0) is 45.9 Å². The van der Waals surface area contributed by atoms with Crippen LogP contribution < -0.4 is 24.8 Å². The van der Waals surface area contributed by atoms with Crippen LogP contribution in [0.25, 0.3) is 87.6 Å². The van der Waals surface area contributed by atoms with Crippen LogP contribution in [0.5, 0.6) is 0 Å². The number of benzene rings is 8. The summed E-state index contributed by atoms with van der Waals surface area (Å²) in [5.41, 5.74) is 16.6. The van der Waals surface area contributed by atoms with E-state index in [-0.39, 0.29) is 35.7 Å². The van der Waals surface area contributed by atoms with E-state index in [9.17, 15) is 0 Å².